The van der Waals surface area contributed by atoms with Crippen molar-refractivity contribution in [2.45, 2.75) is 103 Å². The van der Waals surface area contributed by atoms with Gasteiger partial charge in [0, 0.05) is 24.3 Å². The van der Waals surface area contributed by atoms with Gasteiger partial charge >= 0.3 is 8.56 Å². The van der Waals surface area contributed by atoms with E-state index in [9.17, 15) is 0 Å². The normalized spacial score (nSPS) is 31.4. The van der Waals surface area contributed by atoms with Gasteiger partial charge in [0.1, 0.15) is 0 Å². The van der Waals surface area contributed by atoms with E-state index in [-0.39, 0.29) is 0 Å². The monoisotopic (exact) mass is 340 g/mol. The van der Waals surface area contributed by atoms with E-state index in [0.29, 0.717) is 11.0 Å². The van der Waals surface area contributed by atoms with Crippen LogP contribution < -0.4 is 0 Å². The predicted molar refractivity (Wildman–Crippen MR) is 101 cm³/mol. The molecular formula is C20H40O2Si. The molecule has 0 amide bonds. The molecule has 0 saturated heterocycles. The summed E-state index contributed by atoms with van der Waals surface area (Å²) in [5.41, 5.74) is 1.91. The van der Waals surface area contributed by atoms with Crippen LogP contribution in [0.15, 0.2) is 0 Å². The molecule has 2 aliphatic carbocycles. The molecule has 23 heavy (non-hydrogen) atoms. The zero-order valence-electron chi connectivity index (χ0n) is 16.3. The van der Waals surface area contributed by atoms with Crippen LogP contribution in [0.4, 0.5) is 0 Å². The molecule has 2 fully saturated rings. The van der Waals surface area contributed by atoms with Crippen molar-refractivity contribution >= 4 is 8.56 Å². The molecule has 0 radical (unpaired) electrons. The zero-order chi connectivity index (χ0) is 16.9. The summed E-state index contributed by atoms with van der Waals surface area (Å²) in [4.78, 5) is 0. The first kappa shape index (κ1) is 19.5. The van der Waals surface area contributed by atoms with Crippen molar-refractivity contribution < 1.29 is 8.85 Å². The Bertz CT molecular complexity index is 348. The molecule has 0 heterocycles. The molecule has 0 bridgehead atoms. The van der Waals surface area contributed by atoms with E-state index in [4.69, 9.17) is 8.85 Å². The second-order valence-corrected chi connectivity index (χ2v) is 12.6. The first-order valence-corrected chi connectivity index (χ1v) is 12.2. The molecular weight excluding hydrogens is 300 g/mol. The fraction of sp³-hybridized carbons (Fsp3) is 1.00. The summed E-state index contributed by atoms with van der Waals surface area (Å²) >= 11 is 0. The largest absolute Gasteiger partial charge is 0.394 e. The van der Waals surface area contributed by atoms with Crippen molar-refractivity contribution in [1.82, 2.24) is 0 Å². The van der Waals surface area contributed by atoms with Crippen LogP contribution >= 0.6 is 0 Å². The quantitative estimate of drug-likeness (QED) is 0.473. The van der Waals surface area contributed by atoms with Crippen LogP contribution in [0.5, 0.6) is 0 Å². The van der Waals surface area contributed by atoms with Crippen molar-refractivity contribution in [1.29, 1.82) is 0 Å². The second-order valence-electron chi connectivity index (χ2n) is 8.99. The van der Waals surface area contributed by atoms with Crippen molar-refractivity contribution in [2.24, 2.45) is 11.3 Å². The summed E-state index contributed by atoms with van der Waals surface area (Å²) in [6.07, 6.45) is 11.7. The summed E-state index contributed by atoms with van der Waals surface area (Å²) in [6, 6.07) is 0. The summed E-state index contributed by atoms with van der Waals surface area (Å²) in [7, 11) is -2.13. The Kier molecular flexibility index (Phi) is 7.18. The Hall–Kier alpha value is 0.137. The minimum absolute atomic E-state index is 0.469. The summed E-state index contributed by atoms with van der Waals surface area (Å²) in [5.74, 6) is 0.860. The third kappa shape index (κ3) is 4.82. The van der Waals surface area contributed by atoms with Crippen molar-refractivity contribution in [3.63, 3.8) is 0 Å². The molecule has 0 aromatic heterocycles. The number of hydrogen-bond donors (Lipinski definition) is 0. The first-order chi connectivity index (χ1) is 10.9. The van der Waals surface area contributed by atoms with Gasteiger partial charge in [0.15, 0.2) is 0 Å². The lowest BCUT2D eigenvalue weighted by Gasteiger charge is -2.47. The van der Waals surface area contributed by atoms with E-state index in [0.717, 1.165) is 37.5 Å². The molecule has 3 unspecified atom stereocenters. The van der Waals surface area contributed by atoms with Gasteiger partial charge in [0.05, 0.1) is 0 Å². The standard InChI is InChI=1S/C20H40O2Si/c1-6-13-21-23(22-14-7-2,18-11-10-17(3)15-18)19-9-8-12-20(4,5)16-19/h17-19H,6-16H2,1-5H3. The van der Waals surface area contributed by atoms with Crippen LogP contribution in [0.25, 0.3) is 0 Å². The Morgan fingerprint density at radius 2 is 1.61 bits per heavy atom. The number of hydrogen-bond acceptors (Lipinski definition) is 2. The number of rotatable bonds is 8. The zero-order valence-corrected chi connectivity index (χ0v) is 17.3. The van der Waals surface area contributed by atoms with Gasteiger partial charge in [-0.2, -0.15) is 0 Å². The molecule has 2 aliphatic rings. The highest BCUT2D eigenvalue weighted by atomic mass is 28.4. The van der Waals surface area contributed by atoms with E-state index in [2.05, 4.69) is 34.6 Å². The van der Waals surface area contributed by atoms with Gasteiger partial charge in [-0.3, -0.25) is 0 Å². The summed E-state index contributed by atoms with van der Waals surface area (Å²) in [5, 5.41) is 0. The summed E-state index contributed by atoms with van der Waals surface area (Å²) < 4.78 is 13.5. The SMILES string of the molecule is CCCO[Si](OCCC)(C1CCC(C)C1)C1CCCC(C)(C)C1. The van der Waals surface area contributed by atoms with E-state index in [1.165, 1.54) is 44.9 Å². The highest BCUT2D eigenvalue weighted by Crippen LogP contribution is 2.54. The average Bonchev–Trinajstić information content (AvgIpc) is 2.94. The third-order valence-electron chi connectivity index (χ3n) is 6.10. The Morgan fingerprint density at radius 3 is 2.09 bits per heavy atom. The van der Waals surface area contributed by atoms with Gasteiger partial charge in [-0.25, -0.2) is 0 Å². The Morgan fingerprint density at radius 1 is 0.957 bits per heavy atom. The van der Waals surface area contributed by atoms with Gasteiger partial charge in [-0.15, -0.1) is 0 Å². The molecule has 0 aliphatic heterocycles. The lowest BCUT2D eigenvalue weighted by molar-refractivity contribution is 0.123. The van der Waals surface area contributed by atoms with Gasteiger partial charge in [0.2, 0.25) is 0 Å². The van der Waals surface area contributed by atoms with Crippen LogP contribution in [-0.2, 0) is 8.85 Å². The van der Waals surface area contributed by atoms with Gasteiger partial charge in [-0.05, 0) is 56.3 Å². The highest BCUT2D eigenvalue weighted by molar-refractivity contribution is 6.70. The Balaban J connectivity index is 2.25. The van der Waals surface area contributed by atoms with Crippen LogP contribution in [0.2, 0.25) is 11.1 Å². The predicted octanol–water partition coefficient (Wildman–Crippen LogP) is 6.44. The minimum atomic E-state index is -2.13. The van der Waals surface area contributed by atoms with Crippen LogP contribution in [0, 0.1) is 11.3 Å². The van der Waals surface area contributed by atoms with E-state index in [1.807, 2.05) is 0 Å². The maximum atomic E-state index is 6.76. The third-order valence-corrected chi connectivity index (χ3v) is 10.7. The first-order valence-electron chi connectivity index (χ1n) is 10.2. The molecule has 0 aromatic carbocycles. The molecule has 3 atom stereocenters. The lowest BCUT2D eigenvalue weighted by atomic mass is 9.77. The Labute approximate surface area is 146 Å². The topological polar surface area (TPSA) is 18.5 Å². The van der Waals surface area contributed by atoms with Crippen molar-refractivity contribution in [2.75, 3.05) is 13.2 Å². The van der Waals surface area contributed by atoms with Crippen molar-refractivity contribution in [3.05, 3.63) is 0 Å². The van der Waals surface area contributed by atoms with Crippen molar-refractivity contribution in [3.8, 4) is 0 Å². The molecule has 3 heteroatoms. The fourth-order valence-corrected chi connectivity index (χ4v) is 10.5. The van der Waals surface area contributed by atoms with Crippen LogP contribution in [0.3, 0.4) is 0 Å². The average molecular weight is 341 g/mol. The van der Waals surface area contributed by atoms with Gasteiger partial charge < -0.3 is 8.85 Å². The molecule has 2 nitrogen and oxygen atoms in total. The van der Waals surface area contributed by atoms with Crippen LogP contribution in [0.1, 0.15) is 92.4 Å². The molecule has 0 N–H and O–H groups in total. The summed E-state index contributed by atoms with van der Waals surface area (Å²) in [6.45, 7) is 13.6. The van der Waals surface area contributed by atoms with Gasteiger partial charge in [-0.1, -0.05) is 47.5 Å². The fourth-order valence-electron chi connectivity index (χ4n) is 4.98. The minimum Gasteiger partial charge on any atom is -0.394 e. The highest BCUT2D eigenvalue weighted by Gasteiger charge is 2.55. The van der Waals surface area contributed by atoms with Crippen LogP contribution in [-0.4, -0.2) is 21.8 Å². The molecule has 0 aromatic rings. The molecule has 136 valence electrons. The van der Waals surface area contributed by atoms with E-state index in [1.54, 1.807) is 0 Å². The molecule has 0 spiro atoms. The second kappa shape index (κ2) is 8.49. The smallest absolute Gasteiger partial charge is 0.344 e. The maximum absolute atomic E-state index is 6.76. The molecule has 2 saturated carbocycles. The maximum Gasteiger partial charge on any atom is 0.344 e. The van der Waals surface area contributed by atoms with Gasteiger partial charge in [0.25, 0.3) is 0 Å². The lowest BCUT2D eigenvalue weighted by Crippen LogP contribution is -2.53. The van der Waals surface area contributed by atoms with E-state index < -0.39 is 8.56 Å². The van der Waals surface area contributed by atoms with E-state index >= 15 is 0 Å². The molecule has 2 rings (SSSR count).